The van der Waals surface area contributed by atoms with Crippen molar-refractivity contribution in [3.8, 4) is 0 Å². The maximum absolute atomic E-state index is 12.3. The molecule has 2 unspecified atom stereocenters. The fourth-order valence-corrected chi connectivity index (χ4v) is 2.11. The van der Waals surface area contributed by atoms with Crippen LogP contribution in [0, 0.1) is 5.41 Å². The zero-order valence-electron chi connectivity index (χ0n) is 10.1. The molecule has 0 aromatic heterocycles. The van der Waals surface area contributed by atoms with E-state index >= 15 is 0 Å². The quantitative estimate of drug-likeness (QED) is 0.802. The van der Waals surface area contributed by atoms with Gasteiger partial charge in [0.05, 0.1) is 6.10 Å². The highest BCUT2D eigenvalue weighted by molar-refractivity contribution is 5.03. The minimum absolute atomic E-state index is 0.131. The van der Waals surface area contributed by atoms with E-state index in [-0.39, 0.29) is 12.5 Å². The van der Waals surface area contributed by atoms with E-state index in [4.69, 9.17) is 0 Å². The molecule has 2 atom stereocenters. The molecule has 1 N–H and O–H groups in total. The van der Waals surface area contributed by atoms with E-state index in [1.54, 1.807) is 20.9 Å². The van der Waals surface area contributed by atoms with Gasteiger partial charge in [-0.3, -0.25) is 0 Å². The number of hydrogen-bond acceptors (Lipinski definition) is 2. The average Bonchev–Trinajstić information content (AvgIpc) is 2.12. The smallest absolute Gasteiger partial charge is 0.357 e. The van der Waals surface area contributed by atoms with Crippen LogP contribution in [0.5, 0.6) is 0 Å². The molecule has 0 aromatic rings. The summed E-state index contributed by atoms with van der Waals surface area (Å²) in [6.07, 6.45) is -15.5. The van der Waals surface area contributed by atoms with E-state index < -0.39 is 30.0 Å². The normalized spacial score (nSPS) is 28.3. The fourth-order valence-electron chi connectivity index (χ4n) is 2.11. The van der Waals surface area contributed by atoms with E-state index in [2.05, 4.69) is 10.1 Å². The van der Waals surface area contributed by atoms with Crippen molar-refractivity contribution in [3.05, 3.63) is 0 Å². The third-order valence-electron chi connectivity index (χ3n) is 3.42. The van der Waals surface area contributed by atoms with Gasteiger partial charge >= 0.3 is 12.4 Å². The van der Waals surface area contributed by atoms with E-state index in [9.17, 15) is 26.3 Å². The first kappa shape index (κ1) is 15.6. The van der Waals surface area contributed by atoms with Gasteiger partial charge in [0.15, 0.2) is 0 Å². The molecule has 0 saturated heterocycles. The minimum atomic E-state index is -5.45. The molecule has 2 nitrogen and oxygen atoms in total. The highest BCUT2D eigenvalue weighted by Gasteiger charge is 2.61. The molecule has 1 aliphatic carbocycles. The van der Waals surface area contributed by atoms with Crippen molar-refractivity contribution in [2.75, 3.05) is 7.05 Å². The number of nitrogens with one attached hydrogen (secondary N) is 1. The first-order chi connectivity index (χ1) is 7.90. The Kier molecular flexibility index (Phi) is 3.94. The molecule has 18 heavy (non-hydrogen) atoms. The molecule has 0 aliphatic heterocycles. The lowest BCUT2D eigenvalue weighted by Gasteiger charge is -2.52. The molecule has 1 aliphatic rings. The molecule has 108 valence electrons. The molecular formula is C10H15F6NO. The lowest BCUT2D eigenvalue weighted by molar-refractivity contribution is -0.346. The number of alkyl halides is 6. The van der Waals surface area contributed by atoms with Gasteiger partial charge in [-0.05, 0) is 13.5 Å². The van der Waals surface area contributed by atoms with Crippen LogP contribution < -0.4 is 5.32 Å². The lowest BCUT2D eigenvalue weighted by atomic mass is 9.64. The minimum Gasteiger partial charge on any atom is -0.357 e. The van der Waals surface area contributed by atoms with Gasteiger partial charge in [-0.2, -0.15) is 26.3 Å². The third-order valence-corrected chi connectivity index (χ3v) is 3.42. The van der Waals surface area contributed by atoms with Gasteiger partial charge in [-0.1, -0.05) is 13.8 Å². The topological polar surface area (TPSA) is 21.3 Å². The highest BCUT2D eigenvalue weighted by Crippen LogP contribution is 2.46. The molecule has 1 fully saturated rings. The second-order valence-electron chi connectivity index (χ2n) is 4.99. The number of hydrogen-bond donors (Lipinski definition) is 1. The van der Waals surface area contributed by atoms with Crippen LogP contribution in [0.2, 0.25) is 0 Å². The fraction of sp³-hybridized carbons (Fsp3) is 1.00. The van der Waals surface area contributed by atoms with Crippen LogP contribution in [0.1, 0.15) is 20.3 Å². The van der Waals surface area contributed by atoms with Crippen LogP contribution in [0.15, 0.2) is 0 Å². The molecule has 1 rings (SSSR count). The Labute approximate surface area is 101 Å². The molecule has 0 aromatic carbocycles. The van der Waals surface area contributed by atoms with Crippen molar-refractivity contribution < 1.29 is 31.1 Å². The highest BCUT2D eigenvalue weighted by atomic mass is 19.4. The zero-order chi connectivity index (χ0) is 14.4. The molecule has 0 amide bonds. The second-order valence-corrected chi connectivity index (χ2v) is 4.99. The van der Waals surface area contributed by atoms with E-state index in [1.807, 2.05) is 0 Å². The van der Waals surface area contributed by atoms with Gasteiger partial charge in [0.1, 0.15) is 0 Å². The van der Waals surface area contributed by atoms with Crippen LogP contribution in [-0.4, -0.2) is 37.7 Å². The summed E-state index contributed by atoms with van der Waals surface area (Å²) in [7, 11) is 1.60. The Bertz CT molecular complexity index is 284. The van der Waals surface area contributed by atoms with Crippen LogP contribution in [0.4, 0.5) is 26.3 Å². The summed E-state index contributed by atoms with van der Waals surface area (Å²) >= 11 is 0. The van der Waals surface area contributed by atoms with Crippen LogP contribution in [0.25, 0.3) is 0 Å². The molecule has 1 saturated carbocycles. The summed E-state index contributed by atoms with van der Waals surface area (Å²) in [5.41, 5.74) is -0.760. The summed E-state index contributed by atoms with van der Waals surface area (Å²) in [5.74, 6) is 0. The monoisotopic (exact) mass is 279 g/mol. The van der Waals surface area contributed by atoms with Gasteiger partial charge in [0, 0.05) is 11.5 Å². The predicted molar refractivity (Wildman–Crippen MR) is 52.0 cm³/mol. The first-order valence-corrected chi connectivity index (χ1v) is 5.37. The molecular weight excluding hydrogens is 264 g/mol. The molecule has 0 heterocycles. The third kappa shape index (κ3) is 2.90. The summed E-state index contributed by atoms with van der Waals surface area (Å²) in [6.45, 7) is 3.15. The van der Waals surface area contributed by atoms with Gasteiger partial charge in [0.25, 0.3) is 0 Å². The summed E-state index contributed by atoms with van der Waals surface area (Å²) in [5, 5.41) is 2.83. The maximum Gasteiger partial charge on any atom is 0.423 e. The first-order valence-electron chi connectivity index (χ1n) is 5.37. The van der Waals surface area contributed by atoms with Crippen molar-refractivity contribution in [2.45, 2.75) is 50.9 Å². The molecule has 0 bridgehead atoms. The molecule has 0 spiro atoms. The zero-order valence-corrected chi connectivity index (χ0v) is 10.1. The van der Waals surface area contributed by atoms with Crippen LogP contribution >= 0.6 is 0 Å². The maximum atomic E-state index is 12.3. The van der Waals surface area contributed by atoms with Crippen molar-refractivity contribution in [3.63, 3.8) is 0 Å². The Morgan fingerprint density at radius 1 is 1.11 bits per heavy atom. The summed E-state index contributed by atoms with van der Waals surface area (Å²) in [6, 6.07) is -0.149. The lowest BCUT2D eigenvalue weighted by Crippen LogP contribution is -2.62. The predicted octanol–water partition coefficient (Wildman–Crippen LogP) is 2.88. The van der Waals surface area contributed by atoms with Crippen molar-refractivity contribution in [1.29, 1.82) is 0 Å². The van der Waals surface area contributed by atoms with Crippen LogP contribution in [-0.2, 0) is 4.74 Å². The summed E-state index contributed by atoms with van der Waals surface area (Å²) in [4.78, 5) is 0. The van der Waals surface area contributed by atoms with E-state index in [1.165, 1.54) is 0 Å². The van der Waals surface area contributed by atoms with E-state index in [0.717, 1.165) is 0 Å². The van der Waals surface area contributed by atoms with Crippen molar-refractivity contribution in [2.24, 2.45) is 5.41 Å². The van der Waals surface area contributed by atoms with Crippen molar-refractivity contribution in [1.82, 2.24) is 5.32 Å². The van der Waals surface area contributed by atoms with Gasteiger partial charge < -0.3 is 10.1 Å². The Hall–Kier alpha value is -0.500. The van der Waals surface area contributed by atoms with Crippen molar-refractivity contribution >= 4 is 0 Å². The number of rotatable bonds is 3. The standard InChI is InChI=1S/C10H15F6NO/c1-8(2)5(17-3)4-6(8)18-7(9(11,12)13)10(14,15)16/h5-7,17H,4H2,1-3H3. The average molecular weight is 279 g/mol. The number of ether oxygens (including phenoxy) is 1. The summed E-state index contributed by atoms with van der Waals surface area (Å²) < 4.78 is 78.1. The Morgan fingerprint density at radius 2 is 1.56 bits per heavy atom. The van der Waals surface area contributed by atoms with Gasteiger partial charge in [0.2, 0.25) is 6.10 Å². The Balaban J connectivity index is 2.77. The Morgan fingerprint density at radius 3 is 1.83 bits per heavy atom. The van der Waals surface area contributed by atoms with E-state index in [0.29, 0.717) is 0 Å². The number of halogens is 6. The van der Waals surface area contributed by atoms with Gasteiger partial charge in [-0.25, -0.2) is 0 Å². The second kappa shape index (κ2) is 4.56. The van der Waals surface area contributed by atoms with Gasteiger partial charge in [-0.15, -0.1) is 0 Å². The molecule has 8 heteroatoms. The SMILES string of the molecule is CNC1CC(OC(C(F)(F)F)C(F)(F)F)C1(C)C. The van der Waals surface area contributed by atoms with Crippen LogP contribution in [0.3, 0.4) is 0 Å². The molecule has 0 radical (unpaired) electrons. The largest absolute Gasteiger partial charge is 0.423 e.